The second-order valence-corrected chi connectivity index (χ2v) is 8.35. The third kappa shape index (κ3) is 3.42. The highest BCUT2D eigenvalue weighted by molar-refractivity contribution is 5.96. The van der Waals surface area contributed by atoms with E-state index >= 15 is 0 Å². The zero-order valence-electron chi connectivity index (χ0n) is 19.5. The van der Waals surface area contributed by atoms with Gasteiger partial charge in [0.2, 0.25) is 0 Å². The van der Waals surface area contributed by atoms with Gasteiger partial charge in [-0.1, -0.05) is 0 Å². The first-order valence-corrected chi connectivity index (χ1v) is 11.0. The average Bonchev–Trinajstić information content (AvgIpc) is 3.62. The fourth-order valence-electron chi connectivity index (χ4n) is 4.60. The number of fused-ring (bicyclic) bond motifs is 1. The van der Waals surface area contributed by atoms with Crippen molar-refractivity contribution in [2.45, 2.75) is 25.3 Å². The average molecular weight is 463 g/mol. The molecule has 0 radical (unpaired) electrons. The summed E-state index contributed by atoms with van der Waals surface area (Å²) in [6, 6.07) is 9.00. The number of methoxy groups -OCH3 is 3. The molecule has 1 unspecified atom stereocenters. The van der Waals surface area contributed by atoms with Gasteiger partial charge in [-0.15, -0.1) is 4.80 Å². The van der Waals surface area contributed by atoms with E-state index < -0.39 is 5.54 Å². The third-order valence-corrected chi connectivity index (χ3v) is 6.44. The number of nitrogens with one attached hydrogen (secondary N) is 1. The quantitative estimate of drug-likeness (QED) is 0.468. The highest BCUT2D eigenvalue weighted by atomic mass is 16.5. The van der Waals surface area contributed by atoms with Crippen LogP contribution in [0, 0.1) is 0 Å². The number of rotatable bonds is 6. The summed E-state index contributed by atoms with van der Waals surface area (Å²) < 4.78 is 16.4. The molecule has 1 saturated heterocycles. The minimum Gasteiger partial charge on any atom is -0.494 e. The fraction of sp³-hybridized carbons (Fsp3) is 0.333. The zero-order chi connectivity index (χ0) is 23.9. The first-order valence-electron chi connectivity index (χ1n) is 11.0. The van der Waals surface area contributed by atoms with Gasteiger partial charge in [0.05, 0.1) is 50.3 Å². The molecule has 10 heteroatoms. The topological polar surface area (TPSA) is 107 Å². The van der Waals surface area contributed by atoms with Crippen molar-refractivity contribution in [3.8, 4) is 22.9 Å². The summed E-state index contributed by atoms with van der Waals surface area (Å²) in [5.41, 5.74) is 2.18. The number of hydrogen-bond donors (Lipinski definition) is 1. The van der Waals surface area contributed by atoms with Gasteiger partial charge in [0.25, 0.3) is 5.91 Å². The SMILES string of the molecule is COc1cc2nc(C3(C)CCCN3C(=O)c3ccc(-n4nccn4)c(OC)c3)[nH]c2cc1OC. The maximum atomic E-state index is 13.7. The molecule has 10 nitrogen and oxygen atoms in total. The van der Waals surface area contributed by atoms with Crippen LogP contribution in [0.1, 0.15) is 35.9 Å². The third-order valence-electron chi connectivity index (χ3n) is 6.44. The fourth-order valence-corrected chi connectivity index (χ4v) is 4.60. The molecule has 5 rings (SSSR count). The molecule has 1 aliphatic rings. The second kappa shape index (κ2) is 8.36. The van der Waals surface area contributed by atoms with Gasteiger partial charge in [-0.3, -0.25) is 4.79 Å². The first kappa shape index (κ1) is 21.7. The minimum atomic E-state index is -0.591. The first-order chi connectivity index (χ1) is 16.5. The largest absolute Gasteiger partial charge is 0.494 e. The summed E-state index contributed by atoms with van der Waals surface area (Å²) in [7, 11) is 4.76. The molecule has 1 atom stereocenters. The van der Waals surface area contributed by atoms with E-state index in [1.807, 2.05) is 24.0 Å². The molecule has 2 aromatic heterocycles. The molecule has 0 bridgehead atoms. The van der Waals surface area contributed by atoms with E-state index in [0.29, 0.717) is 35.0 Å². The minimum absolute atomic E-state index is 0.0890. The summed E-state index contributed by atoms with van der Waals surface area (Å²) in [5, 5.41) is 8.31. The van der Waals surface area contributed by atoms with E-state index in [0.717, 1.165) is 29.7 Å². The molecule has 34 heavy (non-hydrogen) atoms. The highest BCUT2D eigenvalue weighted by Crippen LogP contribution is 2.40. The van der Waals surface area contributed by atoms with Gasteiger partial charge in [0.1, 0.15) is 17.3 Å². The van der Waals surface area contributed by atoms with Gasteiger partial charge >= 0.3 is 0 Å². The zero-order valence-corrected chi connectivity index (χ0v) is 19.5. The van der Waals surface area contributed by atoms with E-state index in [1.165, 1.54) is 4.80 Å². The van der Waals surface area contributed by atoms with Crippen LogP contribution in [0.5, 0.6) is 17.2 Å². The Balaban J connectivity index is 1.50. The van der Waals surface area contributed by atoms with Crippen LogP contribution in [-0.2, 0) is 5.54 Å². The molecule has 1 N–H and O–H groups in total. The van der Waals surface area contributed by atoms with Crippen molar-refractivity contribution < 1.29 is 19.0 Å². The number of nitrogens with zero attached hydrogens (tertiary/aromatic N) is 5. The van der Waals surface area contributed by atoms with Crippen LogP contribution in [-0.4, -0.2) is 63.6 Å². The van der Waals surface area contributed by atoms with Gasteiger partial charge in [0, 0.05) is 24.2 Å². The van der Waals surface area contributed by atoms with Crippen molar-refractivity contribution in [3.63, 3.8) is 0 Å². The lowest BCUT2D eigenvalue weighted by atomic mass is 9.97. The van der Waals surface area contributed by atoms with Crippen LogP contribution in [0.4, 0.5) is 0 Å². The molecule has 3 heterocycles. The molecule has 4 aromatic rings. The normalized spacial score (nSPS) is 17.8. The van der Waals surface area contributed by atoms with Crippen molar-refractivity contribution >= 4 is 16.9 Å². The van der Waals surface area contributed by atoms with Gasteiger partial charge in [-0.25, -0.2) is 4.98 Å². The Hall–Kier alpha value is -4.08. The predicted molar refractivity (Wildman–Crippen MR) is 125 cm³/mol. The smallest absolute Gasteiger partial charge is 0.254 e. The molecule has 176 valence electrons. The van der Waals surface area contributed by atoms with Crippen LogP contribution < -0.4 is 14.2 Å². The molecule has 1 fully saturated rings. The highest BCUT2D eigenvalue weighted by Gasteiger charge is 2.44. The van der Waals surface area contributed by atoms with Crippen LogP contribution >= 0.6 is 0 Å². The number of ether oxygens (including phenoxy) is 3. The predicted octanol–water partition coefficient (Wildman–Crippen LogP) is 3.32. The van der Waals surface area contributed by atoms with Crippen LogP contribution in [0.3, 0.4) is 0 Å². The maximum Gasteiger partial charge on any atom is 0.254 e. The molecular weight excluding hydrogens is 436 g/mol. The Morgan fingerprint density at radius 2 is 1.71 bits per heavy atom. The Morgan fingerprint density at radius 1 is 1.00 bits per heavy atom. The molecule has 0 saturated carbocycles. The number of aromatic nitrogens is 5. The van der Waals surface area contributed by atoms with E-state index in [2.05, 4.69) is 15.2 Å². The summed E-state index contributed by atoms with van der Waals surface area (Å²) in [6.45, 7) is 2.67. The van der Waals surface area contributed by atoms with Crippen molar-refractivity contribution in [1.29, 1.82) is 0 Å². The van der Waals surface area contributed by atoms with Gasteiger partial charge in [-0.2, -0.15) is 10.2 Å². The van der Waals surface area contributed by atoms with E-state index in [-0.39, 0.29) is 5.91 Å². The van der Waals surface area contributed by atoms with Crippen molar-refractivity contribution in [2.24, 2.45) is 0 Å². The van der Waals surface area contributed by atoms with Gasteiger partial charge in [-0.05, 0) is 38.0 Å². The van der Waals surface area contributed by atoms with E-state index in [9.17, 15) is 4.79 Å². The standard InChI is InChI=1S/C24H26N6O4/c1-24(23-27-16-13-20(33-3)21(34-4)14-17(16)28-23)8-5-11-29(24)22(31)15-6-7-18(19(12-15)32-2)30-25-9-10-26-30/h6-7,9-10,12-14H,5,8,11H2,1-4H3,(H,27,28). The number of carbonyl (C=O) groups excluding carboxylic acids is 1. The van der Waals surface area contributed by atoms with Crippen LogP contribution in [0.2, 0.25) is 0 Å². The number of carbonyl (C=O) groups is 1. The summed E-state index contributed by atoms with van der Waals surface area (Å²) in [6.07, 6.45) is 4.84. The van der Waals surface area contributed by atoms with Gasteiger partial charge in [0.15, 0.2) is 11.5 Å². The summed E-state index contributed by atoms with van der Waals surface area (Å²) in [5.74, 6) is 2.39. The number of imidazole rings is 1. The maximum absolute atomic E-state index is 13.7. The van der Waals surface area contributed by atoms with Gasteiger partial charge < -0.3 is 24.1 Å². The molecular formula is C24H26N6O4. The summed E-state index contributed by atoms with van der Waals surface area (Å²) in [4.78, 5) is 25.2. The van der Waals surface area contributed by atoms with Crippen LogP contribution in [0.25, 0.3) is 16.7 Å². The monoisotopic (exact) mass is 462 g/mol. The molecule has 0 aliphatic carbocycles. The molecule has 0 spiro atoms. The van der Waals surface area contributed by atoms with Crippen molar-refractivity contribution in [1.82, 2.24) is 29.9 Å². The van der Waals surface area contributed by atoms with Crippen molar-refractivity contribution in [3.05, 3.63) is 54.1 Å². The Kier molecular flexibility index (Phi) is 5.35. The number of aromatic amines is 1. The van der Waals surface area contributed by atoms with E-state index in [4.69, 9.17) is 19.2 Å². The lowest BCUT2D eigenvalue weighted by Crippen LogP contribution is -2.43. The molecule has 1 aliphatic heterocycles. The van der Waals surface area contributed by atoms with E-state index in [1.54, 1.807) is 51.9 Å². The lowest BCUT2D eigenvalue weighted by Gasteiger charge is -2.33. The van der Waals surface area contributed by atoms with Crippen LogP contribution in [0.15, 0.2) is 42.7 Å². The Bertz CT molecular complexity index is 1310. The summed E-state index contributed by atoms with van der Waals surface area (Å²) >= 11 is 0. The number of benzene rings is 2. The molecule has 2 aromatic carbocycles. The number of H-pyrrole nitrogens is 1. The lowest BCUT2D eigenvalue weighted by molar-refractivity contribution is 0.0605. The van der Waals surface area contributed by atoms with Crippen molar-refractivity contribution in [2.75, 3.05) is 27.9 Å². The Morgan fingerprint density at radius 3 is 2.41 bits per heavy atom. The Labute approximate surface area is 196 Å². The second-order valence-electron chi connectivity index (χ2n) is 8.35. The molecule has 1 amide bonds. The number of amides is 1. The number of hydrogen-bond acceptors (Lipinski definition) is 7. The number of likely N-dealkylation sites (tertiary alicyclic amines) is 1.